The first-order valence-electron chi connectivity index (χ1n) is 10.2. The summed E-state index contributed by atoms with van der Waals surface area (Å²) in [5.41, 5.74) is -0.728. The molecule has 0 bridgehead atoms. The van der Waals surface area contributed by atoms with E-state index in [4.69, 9.17) is 0 Å². The van der Waals surface area contributed by atoms with Crippen molar-refractivity contribution in [1.82, 2.24) is 25.8 Å². The number of β-lactam (4-membered cyclic amide) rings is 1. The smallest absolute Gasteiger partial charge is 0.331 e. The van der Waals surface area contributed by atoms with Crippen LogP contribution in [-0.2, 0) is 14.4 Å². The van der Waals surface area contributed by atoms with E-state index < -0.39 is 57.6 Å². The van der Waals surface area contributed by atoms with Gasteiger partial charge in [0.05, 0.1) is 4.75 Å². The molecule has 4 N–H and O–H groups in total. The Balaban J connectivity index is 1.33. The third-order valence-electron chi connectivity index (χ3n) is 6.59. The molecule has 3 saturated heterocycles. The first-order valence-corrected chi connectivity index (χ1v) is 11.0. The minimum atomic E-state index is -1.21. The topological polar surface area (TPSA) is 148 Å². The van der Waals surface area contributed by atoms with Gasteiger partial charge in [-0.3, -0.25) is 9.59 Å². The van der Waals surface area contributed by atoms with Crippen molar-refractivity contribution < 1.29 is 29.1 Å². The second-order valence-corrected chi connectivity index (χ2v) is 10.1. The minimum absolute atomic E-state index is 0.179. The van der Waals surface area contributed by atoms with Gasteiger partial charge in [0.15, 0.2) is 5.54 Å². The van der Waals surface area contributed by atoms with Gasteiger partial charge in [0, 0.05) is 19.5 Å². The van der Waals surface area contributed by atoms with Crippen molar-refractivity contribution in [3.8, 4) is 0 Å². The number of thioether (sulfide) groups is 1. The van der Waals surface area contributed by atoms with Crippen LogP contribution in [0.15, 0.2) is 30.3 Å². The molecule has 5 rings (SSSR count). The highest BCUT2D eigenvalue weighted by Crippen LogP contribution is 2.71. The largest absolute Gasteiger partial charge is 0.479 e. The van der Waals surface area contributed by atoms with Gasteiger partial charge in [-0.25, -0.2) is 19.3 Å². The molecule has 168 valence electrons. The number of nitrogens with one attached hydrogen (secondary N) is 3. The highest BCUT2D eigenvalue weighted by Gasteiger charge is 2.85. The number of amides is 6. The van der Waals surface area contributed by atoms with Gasteiger partial charge in [-0.2, -0.15) is 0 Å². The van der Waals surface area contributed by atoms with E-state index in [9.17, 15) is 29.1 Å². The van der Waals surface area contributed by atoms with Crippen molar-refractivity contribution in [3.05, 3.63) is 35.9 Å². The zero-order chi connectivity index (χ0) is 22.8. The van der Waals surface area contributed by atoms with Gasteiger partial charge < -0.3 is 26.0 Å². The van der Waals surface area contributed by atoms with Crippen LogP contribution < -0.4 is 16.0 Å². The summed E-state index contributed by atoms with van der Waals surface area (Å²) >= 11 is 1.38. The predicted molar refractivity (Wildman–Crippen MR) is 111 cm³/mol. The molecule has 3 aliphatic heterocycles. The monoisotopic (exact) mass is 459 g/mol. The van der Waals surface area contributed by atoms with E-state index in [2.05, 4.69) is 16.0 Å². The number of benzene rings is 1. The van der Waals surface area contributed by atoms with E-state index in [1.165, 1.54) is 16.7 Å². The lowest BCUT2D eigenvalue weighted by atomic mass is 9.99. The first-order chi connectivity index (χ1) is 15.2. The second kappa shape index (κ2) is 6.86. The van der Waals surface area contributed by atoms with E-state index in [-0.39, 0.29) is 6.54 Å². The molecule has 1 aromatic carbocycles. The van der Waals surface area contributed by atoms with Crippen molar-refractivity contribution in [2.24, 2.45) is 0 Å². The lowest BCUT2D eigenvalue weighted by Crippen LogP contribution is -2.72. The zero-order valence-corrected chi connectivity index (χ0v) is 17.8. The van der Waals surface area contributed by atoms with E-state index in [0.29, 0.717) is 18.5 Å². The molecule has 4 fully saturated rings. The van der Waals surface area contributed by atoms with Crippen LogP contribution in [0.25, 0.3) is 0 Å². The van der Waals surface area contributed by atoms with Crippen molar-refractivity contribution in [2.75, 3.05) is 13.1 Å². The Kier molecular flexibility index (Phi) is 4.42. The molecule has 12 heteroatoms. The number of carboxylic acid groups (broad SMARTS) is 1. The normalized spacial score (nSPS) is 32.9. The Morgan fingerprint density at radius 2 is 1.97 bits per heavy atom. The van der Waals surface area contributed by atoms with Crippen LogP contribution in [0.2, 0.25) is 0 Å². The Bertz CT molecular complexity index is 1050. The highest BCUT2D eigenvalue weighted by molar-refractivity contribution is 8.02. The van der Waals surface area contributed by atoms with Gasteiger partial charge in [-0.15, -0.1) is 11.8 Å². The van der Waals surface area contributed by atoms with Crippen LogP contribution in [-0.4, -0.2) is 79.5 Å². The second-order valence-electron chi connectivity index (χ2n) is 8.45. The van der Waals surface area contributed by atoms with Crippen LogP contribution in [0.1, 0.15) is 24.9 Å². The number of carboxylic acids is 1. The summed E-state index contributed by atoms with van der Waals surface area (Å²) in [6, 6.07) is 5.20. The zero-order valence-electron chi connectivity index (χ0n) is 17.0. The Hall–Kier alpha value is -3.28. The summed E-state index contributed by atoms with van der Waals surface area (Å²) < 4.78 is -0.575. The average molecular weight is 459 g/mol. The SMILES string of the molecule is C[C@]12C[C@@]1(C(=O)O)N1C(=O)[C@H](NC(=O)C(NC(=O)N3CCNC3=O)c3ccccc3)[C@@H]1S2. The number of urea groups is 2. The van der Waals surface area contributed by atoms with Crippen LogP contribution >= 0.6 is 11.8 Å². The third-order valence-corrected chi connectivity index (χ3v) is 8.32. The number of carbonyl (C=O) groups is 5. The molecule has 1 unspecified atom stereocenters. The molecule has 32 heavy (non-hydrogen) atoms. The van der Waals surface area contributed by atoms with Crippen molar-refractivity contribution in [3.63, 3.8) is 0 Å². The van der Waals surface area contributed by atoms with Gasteiger partial charge >= 0.3 is 18.0 Å². The molecule has 0 spiro atoms. The quantitative estimate of drug-likeness (QED) is 0.448. The van der Waals surface area contributed by atoms with Crippen LogP contribution in [0.5, 0.6) is 0 Å². The summed E-state index contributed by atoms with van der Waals surface area (Å²) in [7, 11) is 0. The van der Waals surface area contributed by atoms with Gasteiger partial charge in [0.1, 0.15) is 17.5 Å². The maximum atomic E-state index is 13.2. The molecule has 6 amide bonds. The number of rotatable bonds is 5. The summed E-state index contributed by atoms with van der Waals surface area (Å²) in [5, 5.41) is 17.0. The average Bonchev–Trinajstić information content (AvgIpc) is 3.05. The maximum Gasteiger partial charge on any atom is 0.331 e. The number of carbonyl (C=O) groups excluding carboxylic acids is 4. The molecule has 0 radical (unpaired) electrons. The third kappa shape index (κ3) is 2.71. The minimum Gasteiger partial charge on any atom is -0.479 e. The summed E-state index contributed by atoms with van der Waals surface area (Å²) in [6.07, 6.45) is 0.378. The molecular weight excluding hydrogens is 438 g/mol. The van der Waals surface area contributed by atoms with E-state index in [1.54, 1.807) is 30.3 Å². The fourth-order valence-corrected chi connectivity index (χ4v) is 6.68. The molecule has 1 aromatic rings. The van der Waals surface area contributed by atoms with Gasteiger partial charge in [0.25, 0.3) is 0 Å². The number of aliphatic carboxylic acids is 1. The summed E-state index contributed by atoms with van der Waals surface area (Å²) in [6.45, 7) is 2.31. The van der Waals surface area contributed by atoms with Crippen LogP contribution in [0, 0.1) is 0 Å². The maximum absolute atomic E-state index is 13.2. The van der Waals surface area contributed by atoms with Gasteiger partial charge in [-0.05, 0) is 12.5 Å². The molecule has 3 heterocycles. The van der Waals surface area contributed by atoms with Crippen LogP contribution in [0.3, 0.4) is 0 Å². The standard InChI is InChI=1S/C20H21N5O6S/c1-19-9-20(19,16(28)29)25-14(27)12(15(25)32-19)22-13(26)11(10-5-3-2-4-6-10)23-18(31)24-8-7-21-17(24)30/h2-6,11-12,15H,7-9H2,1H3,(H,21,30)(H,22,26)(H,23,31)(H,28,29)/t11?,12-,15-,19-,20-/m0/s1. The number of fused-ring (bicyclic) bond motifs is 3. The van der Waals surface area contributed by atoms with Crippen molar-refractivity contribution in [2.45, 2.75) is 41.1 Å². The molecule has 11 nitrogen and oxygen atoms in total. The summed E-state index contributed by atoms with van der Waals surface area (Å²) in [4.78, 5) is 64.5. The molecule has 1 aliphatic carbocycles. The van der Waals surface area contributed by atoms with E-state index >= 15 is 0 Å². The summed E-state index contributed by atoms with van der Waals surface area (Å²) in [5.74, 6) is -2.10. The van der Waals surface area contributed by atoms with Crippen molar-refractivity contribution in [1.29, 1.82) is 0 Å². The number of imide groups is 1. The lowest BCUT2D eigenvalue weighted by Gasteiger charge is -2.46. The first kappa shape index (κ1) is 20.6. The Morgan fingerprint density at radius 1 is 1.25 bits per heavy atom. The molecule has 1 saturated carbocycles. The fraction of sp³-hybridized carbons (Fsp3) is 0.450. The fourth-order valence-electron chi connectivity index (χ4n) is 4.77. The van der Waals surface area contributed by atoms with E-state index in [1.807, 2.05) is 6.92 Å². The molecule has 5 atom stereocenters. The highest BCUT2D eigenvalue weighted by atomic mass is 32.2. The van der Waals surface area contributed by atoms with E-state index in [0.717, 1.165) is 4.90 Å². The lowest BCUT2D eigenvalue weighted by molar-refractivity contribution is -0.163. The Labute approximate surface area is 186 Å². The number of hydrogen-bond acceptors (Lipinski definition) is 6. The molecular formula is C20H21N5O6S. The van der Waals surface area contributed by atoms with Gasteiger partial charge in [0.2, 0.25) is 11.8 Å². The number of hydrogen-bond donors (Lipinski definition) is 4. The number of nitrogens with zero attached hydrogens (tertiary/aromatic N) is 2. The predicted octanol–water partition coefficient (Wildman–Crippen LogP) is -0.152. The molecule has 4 aliphatic rings. The van der Waals surface area contributed by atoms with Gasteiger partial charge in [-0.1, -0.05) is 30.3 Å². The van der Waals surface area contributed by atoms with Crippen LogP contribution in [0.4, 0.5) is 9.59 Å². The molecule has 0 aromatic heterocycles. The van der Waals surface area contributed by atoms with Crippen molar-refractivity contribution >= 4 is 41.6 Å². The Morgan fingerprint density at radius 3 is 2.59 bits per heavy atom.